The van der Waals surface area contributed by atoms with Crippen LogP contribution < -0.4 is 15.4 Å². The maximum atomic E-state index is 12.5. The van der Waals surface area contributed by atoms with Gasteiger partial charge in [-0.2, -0.15) is 10.2 Å². The van der Waals surface area contributed by atoms with E-state index in [1.54, 1.807) is 29.0 Å². The third-order valence-corrected chi connectivity index (χ3v) is 5.91. The number of aromatic nitrogens is 5. The second-order valence-corrected chi connectivity index (χ2v) is 10.1. The summed E-state index contributed by atoms with van der Waals surface area (Å²) in [7, 11) is 1.58. The number of carbonyl (C=O) groups is 2. The van der Waals surface area contributed by atoms with Gasteiger partial charge in [0.1, 0.15) is 11.4 Å². The molecule has 0 radical (unpaired) electrons. The van der Waals surface area contributed by atoms with Gasteiger partial charge in [0.25, 0.3) is 0 Å². The quantitative estimate of drug-likeness (QED) is 0.425. The Balaban J connectivity index is 0.00000336. The number of nitrogens with zero attached hydrogens (tertiary/aromatic N) is 6. The SMILES string of the molecule is COc1c(Nc2cnnc(NC(=O)C3CC3)c2)cccc1-c1nc2n(n1)CCN(C(=O)OC(C)(C)C)C2.[Zn+2]. The largest absolute Gasteiger partial charge is 2.00 e. The molecular weight excluding hydrogens is 542 g/mol. The number of rotatable bonds is 6. The zero-order valence-electron chi connectivity index (χ0n) is 22.0. The molecule has 0 atom stereocenters. The van der Waals surface area contributed by atoms with Crippen molar-refractivity contribution < 1.29 is 38.5 Å². The molecule has 13 heteroatoms. The molecule has 0 saturated heterocycles. The number of amides is 2. The minimum absolute atomic E-state index is 0. The van der Waals surface area contributed by atoms with Crippen molar-refractivity contribution in [1.29, 1.82) is 0 Å². The molecule has 3 aromatic rings. The second-order valence-electron chi connectivity index (χ2n) is 10.1. The first-order chi connectivity index (χ1) is 17.7. The number of hydrogen-bond donors (Lipinski definition) is 2. The van der Waals surface area contributed by atoms with Gasteiger partial charge in [-0.1, -0.05) is 6.07 Å². The van der Waals surface area contributed by atoms with E-state index in [-0.39, 0.29) is 37.4 Å². The number of fused-ring (bicyclic) bond motifs is 1. The van der Waals surface area contributed by atoms with Crippen LogP contribution in [-0.4, -0.2) is 61.1 Å². The van der Waals surface area contributed by atoms with Crippen molar-refractivity contribution >= 4 is 29.2 Å². The predicted octanol–water partition coefficient (Wildman–Crippen LogP) is 3.58. The Morgan fingerprint density at radius 1 is 1.16 bits per heavy atom. The molecular formula is C25H30N8O4Zn+2. The van der Waals surface area contributed by atoms with E-state index < -0.39 is 5.60 Å². The maximum Gasteiger partial charge on any atom is 2.00 e. The smallest absolute Gasteiger partial charge is 0.494 e. The minimum Gasteiger partial charge on any atom is -0.494 e. The molecule has 0 bridgehead atoms. The fourth-order valence-corrected chi connectivity index (χ4v) is 3.99. The van der Waals surface area contributed by atoms with E-state index in [2.05, 4.69) is 25.9 Å². The van der Waals surface area contributed by atoms with Crippen LogP contribution in [0.15, 0.2) is 30.5 Å². The Bertz CT molecular complexity index is 1340. The Labute approximate surface area is 233 Å². The van der Waals surface area contributed by atoms with Crippen molar-refractivity contribution in [2.75, 3.05) is 24.3 Å². The number of hydrogen-bond acceptors (Lipinski definition) is 9. The average molecular weight is 572 g/mol. The zero-order chi connectivity index (χ0) is 26.2. The summed E-state index contributed by atoms with van der Waals surface area (Å²) in [4.78, 5) is 30.9. The molecule has 0 spiro atoms. The number of ether oxygens (including phenoxy) is 2. The van der Waals surface area contributed by atoms with E-state index in [1.807, 2.05) is 39.0 Å². The minimum atomic E-state index is -0.567. The molecule has 2 aromatic heterocycles. The summed E-state index contributed by atoms with van der Waals surface area (Å²) >= 11 is 0. The summed E-state index contributed by atoms with van der Waals surface area (Å²) in [5.74, 6) is 2.13. The van der Waals surface area contributed by atoms with Crippen LogP contribution in [0, 0.1) is 5.92 Å². The molecule has 0 unspecified atom stereocenters. The van der Waals surface area contributed by atoms with Crippen molar-refractivity contribution in [1.82, 2.24) is 29.9 Å². The van der Waals surface area contributed by atoms with E-state index in [4.69, 9.17) is 14.5 Å². The number of carbonyl (C=O) groups excluding carboxylic acids is 2. The van der Waals surface area contributed by atoms with Gasteiger partial charge in [0.2, 0.25) is 5.91 Å². The summed E-state index contributed by atoms with van der Waals surface area (Å²) in [5.41, 5.74) is 1.45. The van der Waals surface area contributed by atoms with Crippen molar-refractivity contribution in [3.8, 4) is 17.1 Å². The summed E-state index contributed by atoms with van der Waals surface area (Å²) in [6.07, 6.45) is 3.01. The van der Waals surface area contributed by atoms with Gasteiger partial charge in [-0.25, -0.2) is 14.5 Å². The Morgan fingerprint density at radius 2 is 1.95 bits per heavy atom. The standard InChI is InChI=1S/C25H30N8O4.Zn/c1-25(2,3)37-24(35)32-10-11-33-20(14-32)29-22(31-33)17-6-5-7-18(21(17)36-4)27-16-12-19(30-26-13-16)28-23(34)15-8-9-15;/h5-7,12-13,15H,8-11,14H2,1-4H3,(H2,27,28,30,34);/q;+2. The maximum absolute atomic E-state index is 12.5. The summed E-state index contributed by atoms with van der Waals surface area (Å²) in [6.45, 7) is 6.83. The normalized spacial score (nSPS) is 14.7. The molecule has 1 saturated carbocycles. The molecule has 2 amide bonds. The number of nitrogens with one attached hydrogen (secondary N) is 2. The summed E-state index contributed by atoms with van der Waals surface area (Å²) in [5, 5.41) is 18.8. The van der Waals surface area contributed by atoms with Crippen LogP contribution in [0.3, 0.4) is 0 Å². The fourth-order valence-electron chi connectivity index (χ4n) is 3.99. The van der Waals surface area contributed by atoms with Gasteiger partial charge in [-0.15, -0.1) is 5.10 Å². The number of anilines is 3. The molecule has 194 valence electrons. The molecule has 3 heterocycles. The van der Waals surface area contributed by atoms with Crippen LogP contribution in [0.5, 0.6) is 5.75 Å². The number of methoxy groups -OCH3 is 1. The Hall–Kier alpha value is -3.60. The van der Waals surface area contributed by atoms with E-state index in [0.717, 1.165) is 12.8 Å². The van der Waals surface area contributed by atoms with Crippen LogP contribution in [0.2, 0.25) is 0 Å². The van der Waals surface area contributed by atoms with Crippen LogP contribution in [0.4, 0.5) is 22.0 Å². The first kappa shape index (κ1) is 27.4. The van der Waals surface area contributed by atoms with Gasteiger partial charge in [0.05, 0.1) is 43.3 Å². The van der Waals surface area contributed by atoms with Gasteiger partial charge in [-0.3, -0.25) is 9.69 Å². The van der Waals surface area contributed by atoms with Crippen molar-refractivity contribution in [2.24, 2.45) is 5.92 Å². The van der Waals surface area contributed by atoms with Crippen molar-refractivity contribution in [3.63, 3.8) is 0 Å². The van der Waals surface area contributed by atoms with E-state index >= 15 is 0 Å². The predicted molar refractivity (Wildman–Crippen MR) is 135 cm³/mol. The molecule has 1 aliphatic heterocycles. The first-order valence-corrected chi connectivity index (χ1v) is 12.2. The van der Waals surface area contributed by atoms with Gasteiger partial charge in [0.15, 0.2) is 17.4 Å². The van der Waals surface area contributed by atoms with Crippen LogP contribution in [0.1, 0.15) is 39.4 Å². The van der Waals surface area contributed by atoms with Gasteiger partial charge >= 0.3 is 25.6 Å². The number of benzene rings is 1. The zero-order valence-corrected chi connectivity index (χ0v) is 25.0. The van der Waals surface area contributed by atoms with E-state index in [0.29, 0.717) is 59.8 Å². The van der Waals surface area contributed by atoms with Gasteiger partial charge in [-0.05, 0) is 45.7 Å². The molecule has 2 aliphatic rings. The van der Waals surface area contributed by atoms with Crippen molar-refractivity contribution in [2.45, 2.75) is 52.3 Å². The summed E-state index contributed by atoms with van der Waals surface area (Å²) in [6, 6.07) is 7.34. The van der Waals surface area contributed by atoms with E-state index in [9.17, 15) is 9.59 Å². The Kier molecular flexibility index (Phi) is 7.96. The van der Waals surface area contributed by atoms with Crippen LogP contribution in [-0.2, 0) is 42.1 Å². The molecule has 12 nitrogen and oxygen atoms in total. The molecule has 1 aromatic carbocycles. The molecule has 2 N–H and O–H groups in total. The monoisotopic (exact) mass is 570 g/mol. The second kappa shape index (κ2) is 11.0. The van der Waals surface area contributed by atoms with E-state index in [1.165, 1.54) is 0 Å². The third kappa shape index (κ3) is 6.27. The fraction of sp³-hybridized carbons (Fsp3) is 0.440. The molecule has 1 aliphatic carbocycles. The average Bonchev–Trinajstić information content (AvgIpc) is 3.62. The van der Waals surface area contributed by atoms with Crippen LogP contribution >= 0.6 is 0 Å². The molecule has 38 heavy (non-hydrogen) atoms. The van der Waals surface area contributed by atoms with Crippen molar-refractivity contribution in [3.05, 3.63) is 36.3 Å². The third-order valence-electron chi connectivity index (χ3n) is 5.91. The topological polar surface area (TPSA) is 136 Å². The molecule has 5 rings (SSSR count). The summed E-state index contributed by atoms with van der Waals surface area (Å²) < 4.78 is 13.0. The molecule has 1 fully saturated rings. The van der Waals surface area contributed by atoms with Gasteiger partial charge < -0.3 is 20.1 Å². The van der Waals surface area contributed by atoms with Gasteiger partial charge in [0, 0.05) is 18.5 Å². The first-order valence-electron chi connectivity index (χ1n) is 12.2. The van der Waals surface area contributed by atoms with Crippen LogP contribution in [0.25, 0.3) is 11.4 Å². The Morgan fingerprint density at radius 3 is 2.66 bits per heavy atom. The number of para-hydroxylation sites is 1.